The van der Waals surface area contributed by atoms with Crippen molar-refractivity contribution >= 4 is 15.9 Å². The molecule has 0 aromatic heterocycles. The number of benzene rings is 2. The zero-order valence-corrected chi connectivity index (χ0v) is 18.0. The normalized spacial score (nSPS) is 15.0. The number of hydrazine groups is 1. The highest BCUT2D eigenvalue weighted by Crippen LogP contribution is 2.32. The molecule has 162 valence electrons. The van der Waals surface area contributed by atoms with Crippen LogP contribution in [0.1, 0.15) is 48.0 Å². The van der Waals surface area contributed by atoms with Gasteiger partial charge in [0.25, 0.3) is 5.91 Å². The predicted molar refractivity (Wildman–Crippen MR) is 114 cm³/mol. The Morgan fingerprint density at radius 3 is 2.57 bits per heavy atom. The summed E-state index contributed by atoms with van der Waals surface area (Å²) < 4.78 is 44.6. The van der Waals surface area contributed by atoms with Crippen LogP contribution in [-0.2, 0) is 10.0 Å². The van der Waals surface area contributed by atoms with Crippen LogP contribution in [0.3, 0.4) is 0 Å². The van der Waals surface area contributed by atoms with Gasteiger partial charge in [0, 0.05) is 5.56 Å². The molecule has 1 aliphatic rings. The fourth-order valence-corrected chi connectivity index (χ4v) is 5.16. The van der Waals surface area contributed by atoms with Gasteiger partial charge in [0.15, 0.2) is 0 Å². The first-order valence-corrected chi connectivity index (χ1v) is 11.7. The van der Waals surface area contributed by atoms with Crippen LogP contribution in [0.15, 0.2) is 36.4 Å². The SMILES string of the molecule is COc1ccccc1-c1cc(C)c(F)c(C(=O)NNS(=O)(=O)CC2CCCCC2)c1. The molecule has 0 atom stereocenters. The van der Waals surface area contributed by atoms with E-state index in [9.17, 15) is 17.6 Å². The summed E-state index contributed by atoms with van der Waals surface area (Å²) in [6.45, 7) is 1.55. The monoisotopic (exact) mass is 434 g/mol. The molecule has 0 unspecified atom stereocenters. The summed E-state index contributed by atoms with van der Waals surface area (Å²) in [6.07, 6.45) is 4.90. The van der Waals surface area contributed by atoms with Crippen molar-refractivity contribution in [2.24, 2.45) is 5.92 Å². The van der Waals surface area contributed by atoms with Gasteiger partial charge in [-0.05, 0) is 55.0 Å². The average Bonchev–Trinajstić information content (AvgIpc) is 2.74. The lowest BCUT2D eigenvalue weighted by Gasteiger charge is -2.21. The van der Waals surface area contributed by atoms with Crippen molar-refractivity contribution in [1.29, 1.82) is 0 Å². The van der Waals surface area contributed by atoms with E-state index < -0.39 is 21.7 Å². The quantitative estimate of drug-likeness (QED) is 0.646. The number of amides is 1. The predicted octanol–water partition coefficient (Wildman–Crippen LogP) is 3.95. The number of carbonyl (C=O) groups is 1. The van der Waals surface area contributed by atoms with Gasteiger partial charge in [-0.15, -0.1) is 4.83 Å². The molecule has 1 fully saturated rings. The summed E-state index contributed by atoms with van der Waals surface area (Å²) in [5, 5.41) is 0. The molecule has 0 saturated heterocycles. The molecule has 0 bridgehead atoms. The lowest BCUT2D eigenvalue weighted by Crippen LogP contribution is -2.44. The number of carbonyl (C=O) groups excluding carboxylic acids is 1. The highest BCUT2D eigenvalue weighted by atomic mass is 32.2. The van der Waals surface area contributed by atoms with Crippen molar-refractivity contribution in [3.63, 3.8) is 0 Å². The number of halogens is 1. The molecule has 2 N–H and O–H groups in total. The van der Waals surface area contributed by atoms with Crippen LogP contribution >= 0.6 is 0 Å². The van der Waals surface area contributed by atoms with Crippen molar-refractivity contribution in [3.05, 3.63) is 53.3 Å². The van der Waals surface area contributed by atoms with Crippen LogP contribution < -0.4 is 15.0 Å². The second-order valence-electron chi connectivity index (χ2n) is 7.70. The first-order valence-electron chi connectivity index (χ1n) is 10.0. The molecule has 30 heavy (non-hydrogen) atoms. The maximum absolute atomic E-state index is 14.7. The fourth-order valence-electron chi connectivity index (χ4n) is 3.87. The van der Waals surface area contributed by atoms with E-state index in [4.69, 9.17) is 4.74 Å². The second-order valence-corrected chi connectivity index (χ2v) is 9.46. The van der Waals surface area contributed by atoms with Crippen LogP contribution in [0.25, 0.3) is 11.1 Å². The average molecular weight is 435 g/mol. The molecule has 0 heterocycles. The van der Waals surface area contributed by atoms with E-state index in [2.05, 4.69) is 10.3 Å². The Kier molecular flexibility index (Phi) is 7.10. The Morgan fingerprint density at radius 2 is 1.87 bits per heavy atom. The number of ether oxygens (including phenoxy) is 1. The van der Waals surface area contributed by atoms with E-state index in [1.807, 2.05) is 12.1 Å². The second kappa shape index (κ2) is 9.57. The molecular formula is C22H27FN2O4S. The van der Waals surface area contributed by atoms with E-state index in [0.717, 1.165) is 32.1 Å². The number of nitrogens with one attached hydrogen (secondary N) is 2. The third kappa shape index (κ3) is 5.37. The van der Waals surface area contributed by atoms with E-state index in [1.54, 1.807) is 25.1 Å². The van der Waals surface area contributed by atoms with E-state index in [0.29, 0.717) is 16.9 Å². The first kappa shape index (κ1) is 22.2. The first-order chi connectivity index (χ1) is 14.3. The van der Waals surface area contributed by atoms with Gasteiger partial charge in [0.05, 0.1) is 18.4 Å². The number of rotatable bonds is 7. The van der Waals surface area contributed by atoms with Gasteiger partial charge in [-0.1, -0.05) is 37.5 Å². The number of para-hydroxylation sites is 1. The highest BCUT2D eigenvalue weighted by Gasteiger charge is 2.23. The summed E-state index contributed by atoms with van der Waals surface area (Å²) in [4.78, 5) is 14.7. The van der Waals surface area contributed by atoms with Gasteiger partial charge < -0.3 is 4.74 Å². The molecule has 0 aliphatic heterocycles. The molecule has 1 aliphatic carbocycles. The van der Waals surface area contributed by atoms with Gasteiger partial charge in [-0.25, -0.2) is 12.8 Å². The minimum absolute atomic E-state index is 0.0456. The molecule has 8 heteroatoms. The standard InChI is InChI=1S/C22H27FN2O4S/c1-15-12-17(18-10-6-7-11-20(18)29-2)13-19(21(15)23)22(26)24-25-30(27,28)14-16-8-4-3-5-9-16/h6-7,10-13,16,25H,3-5,8-9,14H2,1-2H3,(H,24,26). The zero-order valence-electron chi connectivity index (χ0n) is 17.2. The third-order valence-corrected chi connectivity index (χ3v) is 6.74. The Bertz CT molecular complexity index is 1020. The van der Waals surface area contributed by atoms with Crippen LogP contribution in [0.2, 0.25) is 0 Å². The van der Waals surface area contributed by atoms with Crippen molar-refractivity contribution in [3.8, 4) is 16.9 Å². The number of hydrogen-bond acceptors (Lipinski definition) is 4. The van der Waals surface area contributed by atoms with E-state index in [-0.39, 0.29) is 22.8 Å². The Labute approximate surface area is 176 Å². The van der Waals surface area contributed by atoms with Crippen molar-refractivity contribution in [2.75, 3.05) is 12.9 Å². The molecule has 2 aromatic carbocycles. The topological polar surface area (TPSA) is 84.5 Å². The molecular weight excluding hydrogens is 407 g/mol. The molecule has 1 amide bonds. The molecule has 1 saturated carbocycles. The maximum atomic E-state index is 14.7. The summed E-state index contributed by atoms with van der Waals surface area (Å²) >= 11 is 0. The Hall–Kier alpha value is -2.45. The molecule has 2 aromatic rings. The molecule has 0 radical (unpaired) electrons. The van der Waals surface area contributed by atoms with Crippen LogP contribution in [-0.4, -0.2) is 27.2 Å². The van der Waals surface area contributed by atoms with Gasteiger partial charge >= 0.3 is 0 Å². The van der Waals surface area contributed by atoms with Crippen molar-refractivity contribution < 1.29 is 22.3 Å². The lowest BCUT2D eigenvalue weighted by atomic mass is 9.91. The Morgan fingerprint density at radius 1 is 1.17 bits per heavy atom. The third-order valence-electron chi connectivity index (χ3n) is 5.42. The lowest BCUT2D eigenvalue weighted by molar-refractivity contribution is 0.0940. The number of methoxy groups -OCH3 is 1. The zero-order chi connectivity index (χ0) is 21.7. The molecule has 3 rings (SSSR count). The van der Waals surface area contributed by atoms with Crippen LogP contribution in [0.5, 0.6) is 5.75 Å². The highest BCUT2D eigenvalue weighted by molar-refractivity contribution is 7.89. The molecule has 6 nitrogen and oxygen atoms in total. The van der Waals surface area contributed by atoms with Crippen molar-refractivity contribution in [2.45, 2.75) is 39.0 Å². The number of sulfonamides is 1. The maximum Gasteiger partial charge on any atom is 0.269 e. The largest absolute Gasteiger partial charge is 0.496 e. The minimum Gasteiger partial charge on any atom is -0.496 e. The number of hydrogen-bond donors (Lipinski definition) is 2. The van der Waals surface area contributed by atoms with Gasteiger partial charge in [-0.3, -0.25) is 10.2 Å². The summed E-state index contributed by atoms with van der Waals surface area (Å²) in [5.41, 5.74) is 3.49. The summed E-state index contributed by atoms with van der Waals surface area (Å²) in [5.74, 6) is -0.919. The van der Waals surface area contributed by atoms with Crippen molar-refractivity contribution in [1.82, 2.24) is 10.3 Å². The van der Waals surface area contributed by atoms with E-state index in [1.165, 1.54) is 13.2 Å². The van der Waals surface area contributed by atoms with Gasteiger partial charge in [0.2, 0.25) is 10.0 Å². The summed E-state index contributed by atoms with van der Waals surface area (Å²) in [6, 6.07) is 10.2. The Balaban J connectivity index is 1.77. The van der Waals surface area contributed by atoms with Gasteiger partial charge in [-0.2, -0.15) is 0 Å². The number of aryl methyl sites for hydroxylation is 1. The van der Waals surface area contributed by atoms with E-state index >= 15 is 0 Å². The van der Waals surface area contributed by atoms with Crippen LogP contribution in [0.4, 0.5) is 4.39 Å². The molecule has 0 spiro atoms. The van der Waals surface area contributed by atoms with Gasteiger partial charge in [0.1, 0.15) is 11.6 Å². The fraction of sp³-hybridized carbons (Fsp3) is 0.409. The minimum atomic E-state index is -3.70. The summed E-state index contributed by atoms with van der Waals surface area (Å²) in [7, 11) is -2.17. The van der Waals surface area contributed by atoms with Crippen LogP contribution in [0, 0.1) is 18.7 Å². The smallest absolute Gasteiger partial charge is 0.269 e.